The number of alkyl halides is 2. The Morgan fingerprint density at radius 3 is 2.78 bits per heavy atom. The molecule has 0 bridgehead atoms. The van der Waals surface area contributed by atoms with Gasteiger partial charge >= 0.3 is 6.09 Å². The number of ether oxygens (including phenoxy) is 1. The number of cyclic esters (lactones) is 1. The number of carbonyl (C=O) groups excluding carboxylic acids is 1. The van der Waals surface area contributed by atoms with Crippen LogP contribution in [0.4, 0.5) is 4.79 Å². The van der Waals surface area contributed by atoms with Crippen molar-refractivity contribution < 1.29 is 9.53 Å². The lowest BCUT2D eigenvalue weighted by atomic mass is 10.1. The zero-order chi connectivity index (χ0) is 18.9. The van der Waals surface area contributed by atoms with Gasteiger partial charge in [0.2, 0.25) is 0 Å². The average Bonchev–Trinajstić information content (AvgIpc) is 2.91. The van der Waals surface area contributed by atoms with Crippen LogP contribution in [-0.2, 0) is 10.6 Å². The number of hydrogen-bond donors (Lipinski definition) is 0. The fourth-order valence-electron chi connectivity index (χ4n) is 2.88. The highest BCUT2D eigenvalue weighted by Gasteiger charge is 2.38. The molecule has 1 fully saturated rings. The summed E-state index contributed by atoms with van der Waals surface area (Å²) in [5.74, 6) is 4.03. The lowest BCUT2D eigenvalue weighted by Gasteiger charge is -2.20. The first kappa shape index (κ1) is 25.0. The predicted octanol–water partition coefficient (Wildman–Crippen LogP) is 5.60. The van der Waals surface area contributed by atoms with Gasteiger partial charge in [-0.05, 0) is 49.3 Å². The molecule has 1 aliphatic heterocycles. The first-order valence-corrected chi connectivity index (χ1v) is 12.0. The number of thioether (sulfide) groups is 2. The van der Waals surface area contributed by atoms with Crippen LogP contribution in [0.2, 0.25) is 0 Å². The fraction of sp³-hybridized carbons (Fsp3) is 0.667. The first-order chi connectivity index (χ1) is 12.6. The van der Waals surface area contributed by atoms with Gasteiger partial charge in [-0.15, -0.1) is 47.4 Å². The summed E-state index contributed by atoms with van der Waals surface area (Å²) >= 11 is 15.4. The van der Waals surface area contributed by atoms with Gasteiger partial charge < -0.3 is 9.64 Å². The van der Waals surface area contributed by atoms with Crippen LogP contribution >= 0.6 is 59.1 Å². The van der Waals surface area contributed by atoms with Crippen molar-refractivity contribution in [3.05, 3.63) is 23.5 Å². The lowest BCUT2D eigenvalue weighted by molar-refractivity contribution is 0.139. The molecular formula is C18H27Cl3N2O2S2. The molecule has 0 spiro atoms. The largest absolute Gasteiger partial charge is 0.443 e. The zero-order valence-corrected chi connectivity index (χ0v) is 19.6. The highest BCUT2D eigenvalue weighted by atomic mass is 35.5. The zero-order valence-electron chi connectivity index (χ0n) is 15.7. The molecule has 154 valence electrons. The summed E-state index contributed by atoms with van der Waals surface area (Å²) in [6, 6.07) is 2.20. The Kier molecular flexibility index (Phi) is 12.3. The molecule has 2 unspecified atom stereocenters. The summed E-state index contributed by atoms with van der Waals surface area (Å²) in [5.41, 5.74) is 2.14. The molecule has 27 heavy (non-hydrogen) atoms. The number of rotatable bonds is 11. The van der Waals surface area contributed by atoms with E-state index in [1.165, 1.54) is 10.5 Å². The van der Waals surface area contributed by atoms with Gasteiger partial charge in [0.25, 0.3) is 0 Å². The van der Waals surface area contributed by atoms with Crippen LogP contribution < -0.4 is 0 Å². The molecule has 0 N–H and O–H groups in total. The minimum atomic E-state index is -0.214. The molecule has 1 aromatic heterocycles. The van der Waals surface area contributed by atoms with Gasteiger partial charge in [0.15, 0.2) is 0 Å². The number of hydrogen-bond acceptors (Lipinski definition) is 5. The second-order valence-electron chi connectivity index (χ2n) is 6.22. The van der Waals surface area contributed by atoms with Gasteiger partial charge in [-0.3, -0.25) is 4.98 Å². The van der Waals surface area contributed by atoms with Crippen molar-refractivity contribution in [3.8, 4) is 0 Å². The summed E-state index contributed by atoms with van der Waals surface area (Å²) in [6.07, 6.45) is 4.50. The Morgan fingerprint density at radius 1 is 1.30 bits per heavy atom. The van der Waals surface area contributed by atoms with Gasteiger partial charge in [-0.25, -0.2) is 4.79 Å². The lowest BCUT2D eigenvalue weighted by Crippen LogP contribution is -2.34. The molecule has 0 aliphatic carbocycles. The SMILES string of the molecule is Cc1c(SCCCSCC2OC(=O)N(C)C2CCCCl)ccnc1CCl.Cl. The first-order valence-electron chi connectivity index (χ1n) is 8.78. The Labute approximate surface area is 186 Å². The quantitative estimate of drug-likeness (QED) is 0.237. The highest BCUT2D eigenvalue weighted by Crippen LogP contribution is 2.27. The van der Waals surface area contributed by atoms with Crippen molar-refractivity contribution in [2.75, 3.05) is 30.2 Å². The van der Waals surface area contributed by atoms with E-state index in [4.69, 9.17) is 27.9 Å². The topological polar surface area (TPSA) is 42.4 Å². The van der Waals surface area contributed by atoms with Crippen molar-refractivity contribution in [3.63, 3.8) is 0 Å². The van der Waals surface area contributed by atoms with E-state index in [1.807, 2.05) is 36.8 Å². The van der Waals surface area contributed by atoms with Crippen LogP contribution in [0.5, 0.6) is 0 Å². The maximum absolute atomic E-state index is 11.8. The van der Waals surface area contributed by atoms with E-state index in [0.717, 1.165) is 42.2 Å². The Bertz CT molecular complexity index is 596. The van der Waals surface area contributed by atoms with Gasteiger partial charge in [0.05, 0.1) is 17.6 Å². The molecule has 1 aliphatic rings. The van der Waals surface area contributed by atoms with Crippen LogP contribution in [-0.4, -0.2) is 58.3 Å². The molecule has 4 nitrogen and oxygen atoms in total. The van der Waals surface area contributed by atoms with Gasteiger partial charge in [-0.1, -0.05) is 0 Å². The van der Waals surface area contributed by atoms with Gasteiger partial charge in [0.1, 0.15) is 6.10 Å². The summed E-state index contributed by atoms with van der Waals surface area (Å²) < 4.78 is 5.50. The van der Waals surface area contributed by atoms with E-state index < -0.39 is 0 Å². The fourth-order valence-corrected chi connectivity index (χ4v) is 5.52. The number of halogens is 3. The molecule has 1 saturated heterocycles. The Balaban J connectivity index is 0.00000364. The molecule has 2 atom stereocenters. The van der Waals surface area contributed by atoms with Crippen molar-refractivity contribution in [1.82, 2.24) is 9.88 Å². The number of pyridine rings is 1. The van der Waals surface area contributed by atoms with Crippen LogP contribution in [0.25, 0.3) is 0 Å². The van der Waals surface area contributed by atoms with E-state index in [9.17, 15) is 4.79 Å². The minimum Gasteiger partial charge on any atom is -0.443 e. The number of amides is 1. The van der Waals surface area contributed by atoms with E-state index in [1.54, 1.807) is 4.90 Å². The van der Waals surface area contributed by atoms with Crippen molar-refractivity contribution in [2.45, 2.75) is 49.1 Å². The molecule has 1 amide bonds. The molecule has 9 heteroatoms. The summed E-state index contributed by atoms with van der Waals surface area (Å²) in [6.45, 7) is 2.08. The van der Waals surface area contributed by atoms with Gasteiger partial charge in [0, 0.05) is 29.8 Å². The average molecular weight is 474 g/mol. The molecule has 2 rings (SSSR count). The van der Waals surface area contributed by atoms with Crippen molar-refractivity contribution in [2.24, 2.45) is 0 Å². The van der Waals surface area contributed by atoms with Gasteiger partial charge in [-0.2, -0.15) is 11.8 Å². The second kappa shape index (κ2) is 13.3. The van der Waals surface area contributed by atoms with Crippen LogP contribution in [0.15, 0.2) is 17.2 Å². The van der Waals surface area contributed by atoms with E-state index in [2.05, 4.69) is 18.0 Å². The smallest absolute Gasteiger partial charge is 0.410 e. The van der Waals surface area contributed by atoms with Crippen LogP contribution in [0.3, 0.4) is 0 Å². The third-order valence-electron chi connectivity index (χ3n) is 4.46. The summed E-state index contributed by atoms with van der Waals surface area (Å²) in [5, 5.41) is 0. The van der Waals surface area contributed by atoms with Crippen molar-refractivity contribution in [1.29, 1.82) is 0 Å². The Morgan fingerprint density at radius 2 is 2.07 bits per heavy atom. The second-order valence-corrected chi connectivity index (χ2v) is 9.15. The maximum Gasteiger partial charge on any atom is 0.410 e. The molecule has 0 saturated carbocycles. The Hall–Kier alpha value is -0.0100. The summed E-state index contributed by atoms with van der Waals surface area (Å²) in [4.78, 5) is 19.0. The summed E-state index contributed by atoms with van der Waals surface area (Å²) in [7, 11) is 1.81. The predicted molar refractivity (Wildman–Crippen MR) is 120 cm³/mol. The number of nitrogens with zero attached hydrogens (tertiary/aromatic N) is 2. The number of likely N-dealkylation sites (N-methyl/N-ethyl adjacent to an activating group) is 1. The molecule has 2 heterocycles. The third-order valence-corrected chi connectivity index (χ3v) is 7.37. The monoisotopic (exact) mass is 472 g/mol. The molecule has 0 aromatic carbocycles. The minimum absolute atomic E-state index is 0. The normalized spacial score (nSPS) is 19.1. The van der Waals surface area contributed by atoms with E-state index in [-0.39, 0.29) is 30.6 Å². The number of carbonyl (C=O) groups is 1. The maximum atomic E-state index is 11.8. The third kappa shape index (κ3) is 7.39. The standard InChI is InChI=1S/C18H26Cl2N2O2S2.ClH/c1-13-14(11-20)21-8-6-17(13)26-10-4-9-25-12-16-15(5-3-7-19)22(2)18(23)24-16;/h6,8,15-16H,3-5,7,9-12H2,1-2H3;1H. The highest BCUT2D eigenvalue weighted by molar-refractivity contribution is 8.00. The van der Waals surface area contributed by atoms with E-state index >= 15 is 0 Å². The van der Waals surface area contributed by atoms with Crippen LogP contribution in [0, 0.1) is 6.92 Å². The van der Waals surface area contributed by atoms with Crippen LogP contribution in [0.1, 0.15) is 30.5 Å². The molecular weight excluding hydrogens is 447 g/mol. The number of aromatic nitrogens is 1. The van der Waals surface area contributed by atoms with E-state index in [0.29, 0.717) is 11.8 Å². The van der Waals surface area contributed by atoms with Crippen molar-refractivity contribution >= 4 is 65.2 Å². The molecule has 0 radical (unpaired) electrons. The molecule has 1 aromatic rings.